The van der Waals surface area contributed by atoms with Gasteiger partial charge in [-0.15, -0.1) is 0 Å². The van der Waals surface area contributed by atoms with Gasteiger partial charge in [0.25, 0.3) is 5.91 Å². The second-order valence-corrected chi connectivity index (χ2v) is 2.52. The molecule has 0 aliphatic carbocycles. The Kier molecular flexibility index (Phi) is 2.84. The Morgan fingerprint density at radius 3 is 2.69 bits per heavy atom. The predicted octanol–water partition coefficient (Wildman–Crippen LogP) is 1.48. The van der Waals surface area contributed by atoms with Gasteiger partial charge < -0.3 is 10.5 Å². The van der Waals surface area contributed by atoms with Gasteiger partial charge in [0.1, 0.15) is 5.75 Å². The molecule has 1 rings (SSSR count). The molecule has 0 aliphatic heterocycles. The monoisotopic (exact) mass is 183 g/mol. The molecular weight excluding hydrogens is 173 g/mol. The molecule has 0 heterocycles. The molecule has 1 unspecified atom stereocenters. The fourth-order valence-corrected chi connectivity index (χ4v) is 0.948. The van der Waals surface area contributed by atoms with E-state index in [-0.39, 0.29) is 11.3 Å². The third-order valence-corrected chi connectivity index (χ3v) is 1.44. The highest BCUT2D eigenvalue weighted by Crippen LogP contribution is 2.18. The van der Waals surface area contributed by atoms with E-state index in [1.165, 1.54) is 19.1 Å². The van der Waals surface area contributed by atoms with Crippen LogP contribution in [0.2, 0.25) is 0 Å². The van der Waals surface area contributed by atoms with E-state index >= 15 is 0 Å². The predicted molar refractivity (Wildman–Crippen MR) is 46.2 cm³/mol. The number of hydrogen-bond donors (Lipinski definition) is 1. The van der Waals surface area contributed by atoms with E-state index < -0.39 is 12.3 Å². The molecule has 0 bridgehead atoms. The number of rotatable bonds is 3. The zero-order valence-electron chi connectivity index (χ0n) is 7.16. The van der Waals surface area contributed by atoms with Crippen molar-refractivity contribution in [2.75, 3.05) is 0 Å². The number of carbonyl (C=O) groups is 1. The summed E-state index contributed by atoms with van der Waals surface area (Å²) in [7, 11) is 0. The first-order valence-corrected chi connectivity index (χ1v) is 3.81. The van der Waals surface area contributed by atoms with Crippen molar-refractivity contribution < 1.29 is 13.9 Å². The Bertz CT molecular complexity index is 312. The number of para-hydroxylation sites is 1. The first-order chi connectivity index (χ1) is 6.11. The summed E-state index contributed by atoms with van der Waals surface area (Å²) < 4.78 is 17.2. The molecule has 0 aliphatic rings. The Hall–Kier alpha value is -1.58. The van der Waals surface area contributed by atoms with Gasteiger partial charge in [-0.25, -0.2) is 4.39 Å². The zero-order valence-corrected chi connectivity index (χ0v) is 7.16. The second kappa shape index (κ2) is 3.89. The highest BCUT2D eigenvalue weighted by molar-refractivity contribution is 5.95. The van der Waals surface area contributed by atoms with Crippen LogP contribution < -0.4 is 10.5 Å². The number of carbonyl (C=O) groups excluding carboxylic acids is 1. The first-order valence-electron chi connectivity index (χ1n) is 3.81. The summed E-state index contributed by atoms with van der Waals surface area (Å²) in [6.07, 6.45) is -1.46. The number of halogens is 1. The van der Waals surface area contributed by atoms with E-state index in [9.17, 15) is 9.18 Å². The van der Waals surface area contributed by atoms with Crippen LogP contribution in [0, 0.1) is 0 Å². The summed E-state index contributed by atoms with van der Waals surface area (Å²) in [5, 5.41) is 0. The molecule has 3 nitrogen and oxygen atoms in total. The summed E-state index contributed by atoms with van der Waals surface area (Å²) in [6, 6.07) is 6.26. The highest BCUT2D eigenvalue weighted by Gasteiger charge is 2.09. The number of primary amides is 1. The quantitative estimate of drug-likeness (QED) is 0.771. The fraction of sp³-hybridized carbons (Fsp3) is 0.222. The Balaban J connectivity index is 2.98. The minimum absolute atomic E-state index is 0.171. The maximum Gasteiger partial charge on any atom is 0.252 e. The van der Waals surface area contributed by atoms with E-state index in [0.717, 1.165) is 0 Å². The smallest absolute Gasteiger partial charge is 0.252 e. The standard InChI is InChI=1S/C9H10FNO2/c1-6(10)13-8-5-3-2-4-7(8)9(11)12/h2-6H,1H3,(H2,11,12). The van der Waals surface area contributed by atoms with Crippen molar-refractivity contribution in [1.82, 2.24) is 0 Å². The summed E-state index contributed by atoms with van der Waals surface area (Å²) in [6.45, 7) is 1.23. The molecule has 4 heteroatoms. The largest absolute Gasteiger partial charge is 0.460 e. The molecule has 1 aromatic rings. The lowest BCUT2D eigenvalue weighted by molar-refractivity contribution is 0.0826. The van der Waals surface area contributed by atoms with E-state index in [1.807, 2.05) is 0 Å². The lowest BCUT2D eigenvalue weighted by Crippen LogP contribution is -2.14. The summed E-state index contributed by atoms with van der Waals surface area (Å²) in [5.41, 5.74) is 5.24. The van der Waals surface area contributed by atoms with Crippen LogP contribution in [0.3, 0.4) is 0 Å². The Morgan fingerprint density at radius 1 is 1.54 bits per heavy atom. The van der Waals surface area contributed by atoms with Gasteiger partial charge in [-0.3, -0.25) is 4.79 Å². The van der Waals surface area contributed by atoms with Gasteiger partial charge in [0.2, 0.25) is 6.36 Å². The minimum Gasteiger partial charge on any atom is -0.460 e. The molecule has 0 saturated carbocycles. The molecular formula is C9H10FNO2. The highest BCUT2D eigenvalue weighted by atomic mass is 19.1. The van der Waals surface area contributed by atoms with Gasteiger partial charge in [-0.1, -0.05) is 12.1 Å². The van der Waals surface area contributed by atoms with Crippen molar-refractivity contribution >= 4 is 5.91 Å². The van der Waals surface area contributed by atoms with Gasteiger partial charge in [0, 0.05) is 6.92 Å². The van der Waals surface area contributed by atoms with E-state index in [2.05, 4.69) is 0 Å². The minimum atomic E-state index is -1.46. The average Bonchev–Trinajstić information content (AvgIpc) is 2.03. The molecule has 13 heavy (non-hydrogen) atoms. The molecule has 1 amide bonds. The molecule has 0 fully saturated rings. The van der Waals surface area contributed by atoms with Crippen molar-refractivity contribution in [1.29, 1.82) is 0 Å². The third kappa shape index (κ3) is 2.43. The molecule has 0 saturated heterocycles. The molecule has 2 N–H and O–H groups in total. The lowest BCUT2D eigenvalue weighted by Gasteiger charge is -2.09. The van der Waals surface area contributed by atoms with Crippen LogP contribution in [0.4, 0.5) is 4.39 Å². The SMILES string of the molecule is CC(F)Oc1ccccc1C(N)=O. The summed E-state index contributed by atoms with van der Waals surface area (Å²) in [4.78, 5) is 10.8. The fourth-order valence-electron chi connectivity index (χ4n) is 0.948. The van der Waals surface area contributed by atoms with Crippen LogP contribution in [-0.2, 0) is 0 Å². The Morgan fingerprint density at radius 2 is 2.15 bits per heavy atom. The van der Waals surface area contributed by atoms with Crippen LogP contribution >= 0.6 is 0 Å². The number of benzene rings is 1. The second-order valence-electron chi connectivity index (χ2n) is 2.52. The van der Waals surface area contributed by atoms with Gasteiger partial charge in [0.05, 0.1) is 5.56 Å². The maximum absolute atomic E-state index is 12.5. The van der Waals surface area contributed by atoms with E-state index in [1.54, 1.807) is 12.1 Å². The maximum atomic E-state index is 12.5. The van der Waals surface area contributed by atoms with Crippen LogP contribution in [0.5, 0.6) is 5.75 Å². The van der Waals surface area contributed by atoms with Crippen molar-refractivity contribution in [2.24, 2.45) is 5.73 Å². The zero-order chi connectivity index (χ0) is 9.84. The van der Waals surface area contributed by atoms with Crippen molar-refractivity contribution in [3.8, 4) is 5.75 Å². The van der Waals surface area contributed by atoms with Crippen LogP contribution in [0.1, 0.15) is 17.3 Å². The van der Waals surface area contributed by atoms with Crippen LogP contribution in [-0.4, -0.2) is 12.3 Å². The van der Waals surface area contributed by atoms with Gasteiger partial charge in [-0.2, -0.15) is 0 Å². The van der Waals surface area contributed by atoms with Gasteiger partial charge >= 0.3 is 0 Å². The van der Waals surface area contributed by atoms with Crippen molar-refractivity contribution in [3.63, 3.8) is 0 Å². The van der Waals surface area contributed by atoms with E-state index in [0.29, 0.717) is 0 Å². The molecule has 1 atom stereocenters. The molecule has 70 valence electrons. The topological polar surface area (TPSA) is 52.3 Å². The van der Waals surface area contributed by atoms with Gasteiger partial charge in [0.15, 0.2) is 0 Å². The molecule has 1 aromatic carbocycles. The third-order valence-electron chi connectivity index (χ3n) is 1.44. The van der Waals surface area contributed by atoms with Crippen molar-refractivity contribution in [2.45, 2.75) is 13.3 Å². The van der Waals surface area contributed by atoms with E-state index in [4.69, 9.17) is 10.5 Å². The number of hydrogen-bond acceptors (Lipinski definition) is 2. The molecule has 0 aromatic heterocycles. The van der Waals surface area contributed by atoms with Crippen molar-refractivity contribution in [3.05, 3.63) is 29.8 Å². The number of amides is 1. The van der Waals surface area contributed by atoms with Gasteiger partial charge in [-0.05, 0) is 12.1 Å². The van der Waals surface area contributed by atoms with Crippen LogP contribution in [0.25, 0.3) is 0 Å². The number of ether oxygens (including phenoxy) is 1. The summed E-state index contributed by atoms with van der Waals surface area (Å²) >= 11 is 0. The first kappa shape index (κ1) is 9.51. The molecule has 0 spiro atoms. The van der Waals surface area contributed by atoms with Crippen LogP contribution in [0.15, 0.2) is 24.3 Å². The molecule has 0 radical (unpaired) electrons. The average molecular weight is 183 g/mol. The number of nitrogens with two attached hydrogens (primary N) is 1. The lowest BCUT2D eigenvalue weighted by atomic mass is 10.2. The number of alkyl halides is 1. The normalized spacial score (nSPS) is 12.2. The summed E-state index contributed by atoms with van der Waals surface area (Å²) in [5.74, 6) is -0.457. The Labute approximate surface area is 75.3 Å².